The van der Waals surface area contributed by atoms with Crippen LogP contribution in [-0.2, 0) is 11.8 Å². The second-order valence-electron chi connectivity index (χ2n) is 9.52. The van der Waals surface area contributed by atoms with Crippen molar-refractivity contribution in [2.75, 3.05) is 5.32 Å². The van der Waals surface area contributed by atoms with Gasteiger partial charge in [0.1, 0.15) is 17.1 Å². The predicted molar refractivity (Wildman–Crippen MR) is 151 cm³/mol. The Kier molecular flexibility index (Phi) is 5.63. The zero-order valence-electron chi connectivity index (χ0n) is 21.6. The second-order valence-corrected chi connectivity index (χ2v) is 9.52. The Morgan fingerprint density at radius 1 is 1.02 bits per heavy atom. The summed E-state index contributed by atoms with van der Waals surface area (Å²) in [6, 6.07) is 20.9. The number of benzene rings is 3. The number of rotatable bonds is 4. The third-order valence-electron chi connectivity index (χ3n) is 6.98. The number of aryl methyl sites for hydroxylation is 1. The van der Waals surface area contributed by atoms with Crippen molar-refractivity contribution in [3.63, 3.8) is 0 Å². The van der Waals surface area contributed by atoms with Gasteiger partial charge in [-0.3, -0.25) is 14.3 Å². The number of hydrogen-bond donors (Lipinski definition) is 2. The molecule has 2 N–H and O–H groups in total. The lowest BCUT2D eigenvalue weighted by molar-refractivity contribution is -0.117. The topological polar surface area (TPSA) is 119 Å². The van der Waals surface area contributed by atoms with Crippen LogP contribution < -0.4 is 10.6 Å². The van der Waals surface area contributed by atoms with Crippen LogP contribution in [0.5, 0.6) is 0 Å². The molecule has 3 aromatic heterocycles. The van der Waals surface area contributed by atoms with Gasteiger partial charge >= 0.3 is 0 Å². The van der Waals surface area contributed by atoms with E-state index in [0.29, 0.717) is 33.7 Å². The normalized spacial score (nSPS) is 14.8. The molecule has 0 aliphatic carbocycles. The molecule has 0 bridgehead atoms. The van der Waals surface area contributed by atoms with Crippen LogP contribution in [0.3, 0.4) is 0 Å². The fourth-order valence-corrected chi connectivity index (χ4v) is 5.03. The minimum absolute atomic E-state index is 0.0000333. The van der Waals surface area contributed by atoms with Crippen molar-refractivity contribution in [2.24, 2.45) is 12.0 Å². The average molecular weight is 545 g/mol. The monoisotopic (exact) mass is 544 g/mol. The molecule has 10 nitrogen and oxygen atoms in total. The lowest BCUT2D eigenvalue weighted by Gasteiger charge is -2.13. The number of amides is 2. The molecule has 0 saturated carbocycles. The van der Waals surface area contributed by atoms with Gasteiger partial charge in [0.15, 0.2) is 5.65 Å². The van der Waals surface area contributed by atoms with E-state index in [1.54, 1.807) is 41.5 Å². The lowest BCUT2D eigenvalue weighted by Crippen LogP contribution is -2.42. The van der Waals surface area contributed by atoms with Gasteiger partial charge in [0.05, 0.1) is 23.1 Å². The Morgan fingerprint density at radius 3 is 2.73 bits per heavy atom. The maximum absolute atomic E-state index is 14.9. The summed E-state index contributed by atoms with van der Waals surface area (Å²) in [5.74, 6) is -1.90. The summed E-state index contributed by atoms with van der Waals surface area (Å²) in [5, 5.41) is 15.2. The Morgan fingerprint density at radius 2 is 1.88 bits per heavy atom. The molecular formula is C30H21FN8O2. The molecule has 0 fully saturated rings. The van der Waals surface area contributed by atoms with Gasteiger partial charge in [-0.15, -0.1) is 0 Å². The van der Waals surface area contributed by atoms with Crippen LogP contribution in [0.25, 0.3) is 27.8 Å². The molecule has 11 heteroatoms. The van der Waals surface area contributed by atoms with Gasteiger partial charge in [0, 0.05) is 41.5 Å². The molecule has 1 atom stereocenters. The van der Waals surface area contributed by atoms with Crippen molar-refractivity contribution < 1.29 is 14.0 Å². The van der Waals surface area contributed by atoms with Crippen LogP contribution in [-0.4, -0.2) is 48.1 Å². The highest BCUT2D eigenvalue weighted by Crippen LogP contribution is 2.30. The van der Waals surface area contributed by atoms with Crippen LogP contribution in [0.2, 0.25) is 0 Å². The number of para-hydroxylation sites is 1. The molecule has 41 heavy (non-hydrogen) atoms. The first-order chi connectivity index (χ1) is 20.0. The van der Waals surface area contributed by atoms with Crippen molar-refractivity contribution in [1.82, 2.24) is 29.7 Å². The molecule has 0 saturated heterocycles. The van der Waals surface area contributed by atoms with Crippen molar-refractivity contribution in [3.05, 3.63) is 114 Å². The van der Waals surface area contributed by atoms with Gasteiger partial charge in [-0.25, -0.2) is 18.9 Å². The van der Waals surface area contributed by atoms with E-state index in [9.17, 15) is 14.0 Å². The highest BCUT2D eigenvalue weighted by Gasteiger charge is 2.31. The number of fused-ring (bicyclic) bond motifs is 3. The van der Waals surface area contributed by atoms with E-state index in [4.69, 9.17) is 0 Å². The number of aliphatic imine (C=N–C) groups is 1. The Labute approximate surface area is 232 Å². The number of carbonyl (C=O) groups excluding carboxylic acids is 2. The SMILES string of the molecule is Cn1ncc2cc(-c3nn4cccnc4c3C(=O)N[C@H]3N=C(c4ccccc4)c4cccc(F)c4NC3=O)ccc21. The number of benzodiazepines with no additional fused rings is 1. The van der Waals surface area contributed by atoms with Gasteiger partial charge in [0.2, 0.25) is 6.17 Å². The number of anilines is 1. The molecule has 3 aromatic carbocycles. The van der Waals surface area contributed by atoms with E-state index in [1.807, 2.05) is 55.6 Å². The van der Waals surface area contributed by atoms with E-state index in [1.165, 1.54) is 10.6 Å². The number of nitrogens with one attached hydrogen (secondary N) is 2. The summed E-state index contributed by atoms with van der Waals surface area (Å²) >= 11 is 0. The van der Waals surface area contributed by atoms with Crippen LogP contribution in [0.4, 0.5) is 10.1 Å². The molecule has 1 aliphatic heterocycles. The second kappa shape index (κ2) is 9.49. The fraction of sp³-hybridized carbons (Fsp3) is 0.0667. The van der Waals surface area contributed by atoms with Crippen molar-refractivity contribution in [3.8, 4) is 11.3 Å². The molecule has 4 heterocycles. The van der Waals surface area contributed by atoms with Crippen molar-refractivity contribution in [1.29, 1.82) is 0 Å². The van der Waals surface area contributed by atoms with E-state index < -0.39 is 23.8 Å². The van der Waals surface area contributed by atoms with Gasteiger partial charge < -0.3 is 10.6 Å². The highest BCUT2D eigenvalue weighted by molar-refractivity contribution is 6.20. The van der Waals surface area contributed by atoms with Gasteiger partial charge in [-0.2, -0.15) is 10.2 Å². The van der Waals surface area contributed by atoms with E-state index in [0.717, 1.165) is 10.9 Å². The largest absolute Gasteiger partial charge is 0.322 e. The first-order valence-corrected chi connectivity index (χ1v) is 12.8. The molecule has 6 aromatic rings. The van der Waals surface area contributed by atoms with Gasteiger partial charge in [-0.1, -0.05) is 48.5 Å². The van der Waals surface area contributed by atoms with E-state index in [-0.39, 0.29) is 11.3 Å². The first-order valence-electron chi connectivity index (χ1n) is 12.8. The van der Waals surface area contributed by atoms with Crippen LogP contribution in [0, 0.1) is 5.82 Å². The molecule has 2 amide bonds. The number of halogens is 1. The molecule has 1 aliphatic rings. The smallest absolute Gasteiger partial charge is 0.269 e. The van der Waals surface area contributed by atoms with Crippen molar-refractivity contribution in [2.45, 2.75) is 6.17 Å². The predicted octanol–water partition coefficient (Wildman–Crippen LogP) is 3.97. The minimum Gasteiger partial charge on any atom is -0.322 e. The van der Waals surface area contributed by atoms with Gasteiger partial charge in [0.25, 0.3) is 11.8 Å². The quantitative estimate of drug-likeness (QED) is 0.348. The zero-order chi connectivity index (χ0) is 28.1. The summed E-state index contributed by atoms with van der Waals surface area (Å²) < 4.78 is 18.1. The first kappa shape index (κ1) is 24.3. The highest BCUT2D eigenvalue weighted by atomic mass is 19.1. The molecule has 200 valence electrons. The Hall–Kier alpha value is -5.71. The average Bonchev–Trinajstić information content (AvgIpc) is 3.53. The summed E-state index contributed by atoms with van der Waals surface area (Å²) in [6.07, 6.45) is 3.62. The molecular weight excluding hydrogens is 523 g/mol. The third-order valence-corrected chi connectivity index (χ3v) is 6.98. The molecule has 0 unspecified atom stereocenters. The summed E-state index contributed by atoms with van der Waals surface area (Å²) in [6.45, 7) is 0. The summed E-state index contributed by atoms with van der Waals surface area (Å²) in [7, 11) is 1.85. The number of carbonyl (C=O) groups is 2. The lowest BCUT2D eigenvalue weighted by atomic mass is 10.0. The van der Waals surface area contributed by atoms with Crippen LogP contribution >= 0.6 is 0 Å². The Balaban J connectivity index is 1.33. The standard InChI is InChI=1S/C30H21FN8O2/c1-38-22-12-11-18(15-19(22)16-33-38)25-23(28-32-13-6-14-39(28)37-25)29(40)36-27-30(41)35-26-20(9-5-10-21(26)31)24(34-27)17-7-3-2-4-8-17/h2-16,27H,1H3,(H,35,41)(H,36,40)/t27-/m1/s1. The molecule has 0 radical (unpaired) electrons. The minimum atomic E-state index is -1.36. The fourth-order valence-electron chi connectivity index (χ4n) is 5.03. The van der Waals surface area contributed by atoms with E-state index >= 15 is 0 Å². The maximum Gasteiger partial charge on any atom is 0.269 e. The Bertz CT molecular complexity index is 2030. The summed E-state index contributed by atoms with van der Waals surface area (Å²) in [5.41, 5.74) is 3.89. The molecule has 7 rings (SSSR count). The van der Waals surface area contributed by atoms with E-state index in [2.05, 4.69) is 30.8 Å². The number of aromatic nitrogens is 5. The third kappa shape index (κ3) is 4.11. The van der Waals surface area contributed by atoms with Gasteiger partial charge in [-0.05, 0) is 24.3 Å². The van der Waals surface area contributed by atoms with Crippen LogP contribution in [0.1, 0.15) is 21.5 Å². The molecule has 0 spiro atoms. The maximum atomic E-state index is 14.9. The van der Waals surface area contributed by atoms with Crippen LogP contribution in [0.15, 0.2) is 96.4 Å². The number of nitrogens with zero attached hydrogens (tertiary/aromatic N) is 6. The summed E-state index contributed by atoms with van der Waals surface area (Å²) in [4.78, 5) is 36.3. The zero-order valence-corrected chi connectivity index (χ0v) is 21.6. The number of hydrogen-bond acceptors (Lipinski definition) is 6. The van der Waals surface area contributed by atoms with Crippen molar-refractivity contribution >= 4 is 39.8 Å².